The summed E-state index contributed by atoms with van der Waals surface area (Å²) < 4.78 is 0. The Morgan fingerprint density at radius 2 is 1.47 bits per heavy atom. The van der Waals surface area contributed by atoms with Crippen LogP contribution in [0.25, 0.3) is 0 Å². The minimum Gasteiger partial charge on any atom is -1.00 e. The molecule has 1 aliphatic heterocycles. The average Bonchev–Trinajstić information content (AvgIpc) is 2.81. The Morgan fingerprint density at radius 3 is 1.63 bits per heavy atom. The number of likely N-dealkylation sites (tertiary alicyclic amines) is 1. The molecule has 1 nitrogen and oxygen atoms in total. The fraction of sp³-hybridized carbons (Fsp3) is 0.400. The van der Waals surface area contributed by atoms with Crippen molar-refractivity contribution in [1.29, 1.82) is 0 Å². The second-order valence-corrected chi connectivity index (χ2v) is 3.05. The van der Waals surface area contributed by atoms with Crippen molar-refractivity contribution >= 4 is 0 Å². The van der Waals surface area contributed by atoms with Gasteiger partial charge in [0.2, 0.25) is 0 Å². The maximum atomic E-state index is 3.79. The van der Waals surface area contributed by atoms with E-state index in [1.807, 2.05) is 12.2 Å². The Labute approximate surface area is 151 Å². The van der Waals surface area contributed by atoms with Gasteiger partial charge in [0.05, 0.1) is 0 Å². The average molecular weight is 342 g/mol. The van der Waals surface area contributed by atoms with Gasteiger partial charge in [-0.25, -0.2) is 12.2 Å². The molecular formula is C15H29Cl2NTi-6. The maximum absolute atomic E-state index is 3.79. The van der Waals surface area contributed by atoms with Gasteiger partial charge in [-0.15, -0.1) is 13.0 Å². The van der Waals surface area contributed by atoms with Gasteiger partial charge in [-0.1, -0.05) is 0 Å². The summed E-state index contributed by atoms with van der Waals surface area (Å²) in [5.74, 6) is 0. The largest absolute Gasteiger partial charge is 2.00 e. The van der Waals surface area contributed by atoms with Crippen molar-refractivity contribution in [2.24, 2.45) is 0 Å². The van der Waals surface area contributed by atoms with Crippen LogP contribution in [0.1, 0.15) is 19.3 Å². The van der Waals surface area contributed by atoms with Gasteiger partial charge in [0, 0.05) is 0 Å². The molecule has 1 heterocycles. The van der Waals surface area contributed by atoms with Gasteiger partial charge < -0.3 is 66.3 Å². The van der Waals surface area contributed by atoms with Crippen LogP contribution in [0, 0.1) is 42.7 Å². The SMILES string of the molecule is [C-]1=CC=CC1.[CH2-]CN1CCCC1.[CH3-].[CH3-].[CH3-].[CH3-].[Cl-].[Cl-].[Ti+2]. The molecule has 0 bridgehead atoms. The second kappa shape index (κ2) is 31.2. The summed E-state index contributed by atoms with van der Waals surface area (Å²) in [6, 6.07) is 0. The number of nitrogens with zero attached hydrogens (tertiary/aromatic N) is 1. The number of halogens is 2. The molecular weight excluding hydrogens is 313 g/mol. The van der Waals surface area contributed by atoms with Crippen molar-refractivity contribution in [3.8, 4) is 0 Å². The third-order valence-electron chi connectivity index (χ3n) is 2.10. The van der Waals surface area contributed by atoms with Crippen LogP contribution in [-0.4, -0.2) is 24.5 Å². The number of allylic oxidation sites excluding steroid dienone is 4. The normalized spacial score (nSPS) is 13.3. The van der Waals surface area contributed by atoms with E-state index in [9.17, 15) is 0 Å². The van der Waals surface area contributed by atoms with Crippen molar-refractivity contribution in [1.82, 2.24) is 4.90 Å². The number of rotatable bonds is 1. The van der Waals surface area contributed by atoms with E-state index in [0.717, 1.165) is 13.0 Å². The molecule has 2 aliphatic rings. The zero-order valence-electron chi connectivity index (χ0n) is 12.9. The van der Waals surface area contributed by atoms with Crippen molar-refractivity contribution in [2.75, 3.05) is 19.6 Å². The van der Waals surface area contributed by atoms with Gasteiger partial charge in [-0.05, 0) is 25.9 Å². The van der Waals surface area contributed by atoms with Crippen molar-refractivity contribution in [3.05, 3.63) is 60.9 Å². The van der Waals surface area contributed by atoms with Crippen LogP contribution in [0.5, 0.6) is 0 Å². The van der Waals surface area contributed by atoms with E-state index in [-0.39, 0.29) is 76.2 Å². The molecule has 0 unspecified atom stereocenters. The molecule has 0 N–H and O–H groups in total. The van der Waals surface area contributed by atoms with Crippen molar-refractivity contribution in [3.63, 3.8) is 0 Å². The summed E-state index contributed by atoms with van der Waals surface area (Å²) in [4.78, 5) is 2.38. The minimum absolute atomic E-state index is 0. The van der Waals surface area contributed by atoms with E-state index in [1.165, 1.54) is 25.9 Å². The van der Waals surface area contributed by atoms with Crippen LogP contribution >= 0.6 is 0 Å². The topological polar surface area (TPSA) is 3.24 Å². The Morgan fingerprint density at radius 1 is 1.00 bits per heavy atom. The van der Waals surface area contributed by atoms with Crippen LogP contribution in [0.4, 0.5) is 0 Å². The standard InChI is InChI=1S/C6H12N.C5H5.4CH3.2ClH.Ti/c1-2-7-5-3-4-6-7;1-2-4-5-3-1;;;;;;;/h1-6H2;1-3H,4H2;4*1H3;2*1H;/q6*-1;;;+2/p-2. The predicted molar refractivity (Wildman–Crippen MR) is 78.3 cm³/mol. The summed E-state index contributed by atoms with van der Waals surface area (Å²) >= 11 is 0. The van der Waals surface area contributed by atoms with E-state index < -0.39 is 0 Å². The first-order valence-electron chi connectivity index (χ1n) is 4.67. The van der Waals surface area contributed by atoms with Crippen molar-refractivity contribution in [2.45, 2.75) is 19.3 Å². The fourth-order valence-corrected chi connectivity index (χ4v) is 1.35. The van der Waals surface area contributed by atoms with E-state index in [1.54, 1.807) is 0 Å². The predicted octanol–water partition coefficient (Wildman–Crippen LogP) is -1.97. The van der Waals surface area contributed by atoms with E-state index in [4.69, 9.17) is 0 Å². The zero-order chi connectivity index (χ0) is 8.65. The summed E-state index contributed by atoms with van der Waals surface area (Å²) in [5.41, 5.74) is 0. The van der Waals surface area contributed by atoms with Crippen LogP contribution < -0.4 is 24.8 Å². The summed E-state index contributed by atoms with van der Waals surface area (Å²) in [7, 11) is 0. The number of hydrogen-bond donors (Lipinski definition) is 0. The van der Waals surface area contributed by atoms with E-state index >= 15 is 0 Å². The third kappa shape index (κ3) is 24.2. The quantitative estimate of drug-likeness (QED) is 0.395. The molecule has 0 aromatic rings. The molecule has 118 valence electrons. The first kappa shape index (κ1) is 42.7. The molecule has 19 heavy (non-hydrogen) atoms. The molecule has 1 saturated heterocycles. The number of hydrogen-bond acceptors (Lipinski definition) is 1. The summed E-state index contributed by atoms with van der Waals surface area (Å²) in [6.07, 6.45) is 12.8. The molecule has 4 heteroatoms. The van der Waals surface area contributed by atoms with Crippen LogP contribution in [0.3, 0.4) is 0 Å². The van der Waals surface area contributed by atoms with Gasteiger partial charge in [-0.3, -0.25) is 6.08 Å². The Kier molecular flexibility index (Phi) is 70.2. The molecule has 1 aliphatic carbocycles. The maximum Gasteiger partial charge on any atom is 2.00 e. The molecule has 0 aromatic carbocycles. The molecule has 0 saturated carbocycles. The summed E-state index contributed by atoms with van der Waals surface area (Å²) in [5, 5.41) is 0. The van der Waals surface area contributed by atoms with E-state index in [2.05, 4.69) is 24.0 Å². The van der Waals surface area contributed by atoms with Gasteiger partial charge >= 0.3 is 21.7 Å². The van der Waals surface area contributed by atoms with Crippen LogP contribution in [0.15, 0.2) is 18.2 Å². The molecule has 0 aromatic heterocycles. The first-order chi connectivity index (χ1) is 5.93. The fourth-order valence-electron chi connectivity index (χ4n) is 1.35. The van der Waals surface area contributed by atoms with Gasteiger partial charge in [-0.2, -0.15) is 6.08 Å². The summed E-state index contributed by atoms with van der Waals surface area (Å²) in [6.45, 7) is 7.36. The first-order valence-corrected chi connectivity index (χ1v) is 4.67. The smallest absolute Gasteiger partial charge is 1.00 e. The second-order valence-electron chi connectivity index (χ2n) is 3.05. The van der Waals surface area contributed by atoms with Crippen LogP contribution in [-0.2, 0) is 21.7 Å². The van der Waals surface area contributed by atoms with E-state index in [0.29, 0.717) is 0 Å². The molecule has 2 rings (SSSR count). The van der Waals surface area contributed by atoms with Crippen molar-refractivity contribution < 1.29 is 46.5 Å². The van der Waals surface area contributed by atoms with Gasteiger partial charge in [0.1, 0.15) is 0 Å². The Hall–Kier alpha value is 0.734. The monoisotopic (exact) mass is 341 g/mol. The van der Waals surface area contributed by atoms with Gasteiger partial charge in [0.15, 0.2) is 0 Å². The minimum atomic E-state index is 0. The molecule has 0 spiro atoms. The Bertz CT molecular complexity index is 158. The molecule has 0 atom stereocenters. The Balaban J connectivity index is -0.0000000226. The van der Waals surface area contributed by atoms with Gasteiger partial charge in [0.25, 0.3) is 0 Å². The van der Waals surface area contributed by atoms with Crippen LogP contribution in [0.2, 0.25) is 0 Å². The zero-order valence-corrected chi connectivity index (χ0v) is 16.0. The molecule has 0 radical (unpaired) electrons. The molecule has 1 fully saturated rings. The molecule has 0 amide bonds. The third-order valence-corrected chi connectivity index (χ3v) is 2.10.